The molecule has 1 N–H and O–H groups in total. The fraction of sp³-hybridized carbons (Fsp3) is 1.00. The minimum absolute atomic E-state index is 0.731. The molecule has 0 bridgehead atoms. The number of piperazine rings is 1. The van der Waals surface area contributed by atoms with Gasteiger partial charge in [-0.25, -0.2) is 0 Å². The van der Waals surface area contributed by atoms with E-state index in [-0.39, 0.29) is 0 Å². The van der Waals surface area contributed by atoms with Crippen LogP contribution in [0.15, 0.2) is 0 Å². The third-order valence-electron chi connectivity index (χ3n) is 4.81. The topological polar surface area (TPSA) is 15.3 Å². The van der Waals surface area contributed by atoms with E-state index in [0.717, 1.165) is 23.9 Å². The summed E-state index contributed by atoms with van der Waals surface area (Å²) in [4.78, 5) is 2.81. The van der Waals surface area contributed by atoms with Gasteiger partial charge in [-0.2, -0.15) is 0 Å². The van der Waals surface area contributed by atoms with Crippen molar-refractivity contribution in [2.75, 3.05) is 19.6 Å². The fourth-order valence-electron chi connectivity index (χ4n) is 3.81. The summed E-state index contributed by atoms with van der Waals surface area (Å²) in [6.07, 6.45) is 8.54. The summed E-state index contributed by atoms with van der Waals surface area (Å²) in [6.45, 7) is 10.9. The maximum atomic E-state index is 3.76. The van der Waals surface area contributed by atoms with E-state index >= 15 is 0 Å². The molecule has 106 valence electrons. The highest BCUT2D eigenvalue weighted by atomic mass is 15.2. The SMILES string of the molecule is CCC1CNC(CC(C)C)CN1CC1CCCC1. The lowest BCUT2D eigenvalue weighted by Gasteiger charge is -2.42. The van der Waals surface area contributed by atoms with Crippen molar-refractivity contribution in [1.82, 2.24) is 10.2 Å². The van der Waals surface area contributed by atoms with Crippen molar-refractivity contribution in [2.45, 2.75) is 71.4 Å². The Morgan fingerprint density at radius 1 is 1.22 bits per heavy atom. The maximum Gasteiger partial charge on any atom is 0.0218 e. The molecule has 0 aromatic rings. The first kappa shape index (κ1) is 14.3. The van der Waals surface area contributed by atoms with E-state index in [0.29, 0.717) is 0 Å². The highest BCUT2D eigenvalue weighted by molar-refractivity contribution is 4.87. The molecule has 0 spiro atoms. The van der Waals surface area contributed by atoms with Crippen molar-refractivity contribution in [3.8, 4) is 0 Å². The normalized spacial score (nSPS) is 31.3. The van der Waals surface area contributed by atoms with Gasteiger partial charge in [-0.15, -0.1) is 0 Å². The zero-order chi connectivity index (χ0) is 13.0. The summed E-state index contributed by atoms with van der Waals surface area (Å²) >= 11 is 0. The summed E-state index contributed by atoms with van der Waals surface area (Å²) in [6, 6.07) is 1.52. The Balaban J connectivity index is 1.85. The highest BCUT2D eigenvalue weighted by Gasteiger charge is 2.29. The number of nitrogens with one attached hydrogen (secondary N) is 1. The van der Waals surface area contributed by atoms with E-state index in [1.54, 1.807) is 0 Å². The molecule has 2 aliphatic rings. The molecule has 1 aliphatic carbocycles. The molecule has 1 saturated carbocycles. The van der Waals surface area contributed by atoms with Crippen LogP contribution >= 0.6 is 0 Å². The van der Waals surface area contributed by atoms with E-state index in [2.05, 4.69) is 31.0 Å². The number of hydrogen-bond acceptors (Lipinski definition) is 2. The van der Waals surface area contributed by atoms with Crippen LogP contribution in [-0.2, 0) is 0 Å². The summed E-state index contributed by atoms with van der Waals surface area (Å²) in [5.74, 6) is 1.81. The first-order chi connectivity index (χ1) is 8.69. The first-order valence-electron chi connectivity index (χ1n) is 8.16. The smallest absolute Gasteiger partial charge is 0.0218 e. The Morgan fingerprint density at radius 2 is 1.94 bits per heavy atom. The lowest BCUT2D eigenvalue weighted by atomic mass is 9.97. The van der Waals surface area contributed by atoms with E-state index in [9.17, 15) is 0 Å². The molecule has 0 aromatic carbocycles. The quantitative estimate of drug-likeness (QED) is 0.808. The summed E-state index contributed by atoms with van der Waals surface area (Å²) in [5.41, 5.74) is 0. The zero-order valence-electron chi connectivity index (χ0n) is 12.6. The number of rotatable bonds is 5. The van der Waals surface area contributed by atoms with Crippen molar-refractivity contribution >= 4 is 0 Å². The van der Waals surface area contributed by atoms with Crippen molar-refractivity contribution in [2.24, 2.45) is 11.8 Å². The van der Waals surface area contributed by atoms with Crippen LogP contribution in [0.25, 0.3) is 0 Å². The molecule has 18 heavy (non-hydrogen) atoms. The minimum atomic E-state index is 0.731. The van der Waals surface area contributed by atoms with Crippen LogP contribution in [-0.4, -0.2) is 36.6 Å². The predicted octanol–water partition coefficient (Wildman–Crippen LogP) is 3.28. The lowest BCUT2D eigenvalue weighted by Crippen LogP contribution is -2.57. The second kappa shape index (κ2) is 6.91. The minimum Gasteiger partial charge on any atom is -0.311 e. The fourth-order valence-corrected chi connectivity index (χ4v) is 3.81. The van der Waals surface area contributed by atoms with Crippen LogP contribution in [0, 0.1) is 11.8 Å². The van der Waals surface area contributed by atoms with Crippen LogP contribution in [0.2, 0.25) is 0 Å². The van der Waals surface area contributed by atoms with Crippen LogP contribution in [0.5, 0.6) is 0 Å². The van der Waals surface area contributed by atoms with Gasteiger partial charge in [0.05, 0.1) is 0 Å². The Labute approximate surface area is 114 Å². The second-order valence-corrected chi connectivity index (χ2v) is 6.90. The molecule has 2 rings (SSSR count). The first-order valence-corrected chi connectivity index (χ1v) is 8.16. The van der Waals surface area contributed by atoms with Gasteiger partial charge >= 0.3 is 0 Å². The standard InChI is InChI=1S/C16H32N2/c1-4-16-10-17-15(9-13(2)3)12-18(16)11-14-7-5-6-8-14/h13-17H,4-12H2,1-3H3. The molecular formula is C16H32N2. The van der Waals surface area contributed by atoms with Crippen LogP contribution in [0.3, 0.4) is 0 Å². The third kappa shape index (κ3) is 3.96. The van der Waals surface area contributed by atoms with Gasteiger partial charge in [0, 0.05) is 31.7 Å². The van der Waals surface area contributed by atoms with Crippen molar-refractivity contribution in [1.29, 1.82) is 0 Å². The number of hydrogen-bond donors (Lipinski definition) is 1. The summed E-state index contributed by atoms with van der Waals surface area (Å²) in [7, 11) is 0. The molecule has 0 amide bonds. The molecule has 1 aliphatic heterocycles. The largest absolute Gasteiger partial charge is 0.311 e. The van der Waals surface area contributed by atoms with Crippen LogP contribution < -0.4 is 5.32 Å². The van der Waals surface area contributed by atoms with Crippen molar-refractivity contribution in [3.05, 3.63) is 0 Å². The van der Waals surface area contributed by atoms with Gasteiger partial charge in [0.15, 0.2) is 0 Å². The van der Waals surface area contributed by atoms with Gasteiger partial charge in [0.1, 0.15) is 0 Å². The molecule has 1 heterocycles. The Bertz CT molecular complexity index is 233. The average molecular weight is 252 g/mol. The van der Waals surface area contributed by atoms with Crippen LogP contribution in [0.1, 0.15) is 59.3 Å². The van der Waals surface area contributed by atoms with Gasteiger partial charge in [-0.05, 0) is 37.5 Å². The monoisotopic (exact) mass is 252 g/mol. The van der Waals surface area contributed by atoms with Gasteiger partial charge in [-0.1, -0.05) is 33.6 Å². The maximum absolute atomic E-state index is 3.76. The second-order valence-electron chi connectivity index (χ2n) is 6.90. The lowest BCUT2D eigenvalue weighted by molar-refractivity contribution is 0.101. The van der Waals surface area contributed by atoms with Gasteiger partial charge in [0.2, 0.25) is 0 Å². The van der Waals surface area contributed by atoms with Gasteiger partial charge < -0.3 is 5.32 Å². The van der Waals surface area contributed by atoms with E-state index < -0.39 is 0 Å². The van der Waals surface area contributed by atoms with Gasteiger partial charge in [-0.3, -0.25) is 4.90 Å². The van der Waals surface area contributed by atoms with E-state index in [1.807, 2.05) is 0 Å². The molecule has 0 radical (unpaired) electrons. The van der Waals surface area contributed by atoms with Crippen LogP contribution in [0.4, 0.5) is 0 Å². The average Bonchev–Trinajstić information content (AvgIpc) is 2.81. The zero-order valence-corrected chi connectivity index (χ0v) is 12.6. The third-order valence-corrected chi connectivity index (χ3v) is 4.81. The van der Waals surface area contributed by atoms with Crippen molar-refractivity contribution in [3.63, 3.8) is 0 Å². The van der Waals surface area contributed by atoms with Gasteiger partial charge in [0.25, 0.3) is 0 Å². The Hall–Kier alpha value is -0.0800. The molecule has 2 fully saturated rings. The Morgan fingerprint density at radius 3 is 2.56 bits per heavy atom. The van der Waals surface area contributed by atoms with E-state index in [1.165, 1.54) is 58.2 Å². The molecule has 2 unspecified atom stereocenters. The molecule has 2 atom stereocenters. The summed E-state index contributed by atoms with van der Waals surface area (Å²) < 4.78 is 0. The van der Waals surface area contributed by atoms with E-state index in [4.69, 9.17) is 0 Å². The molecule has 0 aromatic heterocycles. The van der Waals surface area contributed by atoms with Crippen molar-refractivity contribution < 1.29 is 0 Å². The molecule has 2 heteroatoms. The molecule has 1 saturated heterocycles. The number of nitrogens with zero attached hydrogens (tertiary/aromatic N) is 1. The summed E-state index contributed by atoms with van der Waals surface area (Å²) in [5, 5.41) is 3.76. The molecular weight excluding hydrogens is 220 g/mol. The molecule has 2 nitrogen and oxygen atoms in total. The highest BCUT2D eigenvalue weighted by Crippen LogP contribution is 2.27. The predicted molar refractivity (Wildman–Crippen MR) is 78.9 cm³/mol. The Kier molecular flexibility index (Phi) is 5.50.